The highest BCUT2D eigenvalue weighted by molar-refractivity contribution is 6.16. The van der Waals surface area contributed by atoms with Crippen LogP contribution in [0.15, 0.2) is 194 Å². The Kier molecular flexibility index (Phi) is 12.8. The van der Waals surface area contributed by atoms with Crippen LogP contribution in [0.2, 0.25) is 0 Å². The van der Waals surface area contributed by atoms with Crippen LogP contribution in [-0.2, 0) is 9.59 Å². The molecule has 0 aliphatic heterocycles. The molecule has 0 bridgehead atoms. The first-order chi connectivity index (χ1) is 33.0. The third-order valence-corrected chi connectivity index (χ3v) is 12.4. The second-order valence-electron chi connectivity index (χ2n) is 17.1. The summed E-state index contributed by atoms with van der Waals surface area (Å²) in [6, 6.07) is 63.0. The van der Waals surface area contributed by atoms with Crippen molar-refractivity contribution >= 4 is 56.5 Å². The van der Waals surface area contributed by atoms with Gasteiger partial charge in [-0.05, 0) is 104 Å². The molecule has 0 heterocycles. The van der Waals surface area contributed by atoms with Crippen LogP contribution in [-0.4, -0.2) is 23.6 Å². The molecule has 4 amide bonds. The average Bonchev–Trinajstić information content (AvgIpc) is 3.36. The van der Waals surface area contributed by atoms with Gasteiger partial charge in [0.05, 0.1) is 23.5 Å². The Morgan fingerprint density at radius 2 is 0.691 bits per heavy atom. The first kappa shape index (κ1) is 44.6. The molecule has 8 nitrogen and oxygen atoms in total. The molecule has 0 radical (unpaired) electrons. The van der Waals surface area contributed by atoms with Crippen molar-refractivity contribution in [2.24, 2.45) is 0 Å². The summed E-state index contributed by atoms with van der Waals surface area (Å²) < 4.78 is 0. The summed E-state index contributed by atoms with van der Waals surface area (Å²) in [5.41, 5.74) is 10.9. The fourth-order valence-electron chi connectivity index (χ4n) is 9.09. The number of carbonyl (C=O) groups excluding carboxylic acids is 4. The van der Waals surface area contributed by atoms with Gasteiger partial charge in [0.25, 0.3) is 11.8 Å². The molecule has 9 rings (SSSR count). The van der Waals surface area contributed by atoms with Crippen molar-refractivity contribution in [2.75, 3.05) is 10.6 Å². The van der Waals surface area contributed by atoms with Crippen LogP contribution in [0.4, 0.5) is 11.4 Å². The molecule has 0 saturated carbocycles. The number of hydrogen-bond acceptors (Lipinski definition) is 4. The van der Waals surface area contributed by atoms with Gasteiger partial charge in [0.15, 0.2) is 0 Å². The number of rotatable bonds is 12. The zero-order valence-corrected chi connectivity index (χ0v) is 38.3. The summed E-state index contributed by atoms with van der Waals surface area (Å²) in [7, 11) is 0. The number of hydrogen-bond donors (Lipinski definition) is 4. The van der Waals surface area contributed by atoms with E-state index in [4.69, 9.17) is 0 Å². The Labute approximate surface area is 396 Å². The number of carbonyl (C=O) groups is 4. The molecule has 8 heteroatoms. The summed E-state index contributed by atoms with van der Waals surface area (Å²) in [6.07, 6.45) is 0. The highest BCUT2D eigenvalue weighted by Gasteiger charge is 2.23. The largest absolute Gasteiger partial charge is 0.346 e. The third-order valence-electron chi connectivity index (χ3n) is 12.4. The minimum absolute atomic E-state index is 0.161. The van der Waals surface area contributed by atoms with Gasteiger partial charge >= 0.3 is 0 Å². The van der Waals surface area contributed by atoms with E-state index in [9.17, 15) is 19.2 Å². The van der Waals surface area contributed by atoms with E-state index >= 15 is 0 Å². The second-order valence-corrected chi connectivity index (χ2v) is 17.1. The summed E-state index contributed by atoms with van der Waals surface area (Å²) in [5.74, 6) is -0.928. The molecule has 0 aliphatic carbocycles. The molecule has 0 fully saturated rings. The highest BCUT2D eigenvalue weighted by Crippen LogP contribution is 2.47. The Morgan fingerprint density at radius 1 is 0.353 bits per heavy atom. The predicted octanol–water partition coefficient (Wildman–Crippen LogP) is 13.6. The predicted molar refractivity (Wildman–Crippen MR) is 276 cm³/mol. The lowest BCUT2D eigenvalue weighted by Gasteiger charge is -2.22. The zero-order chi connectivity index (χ0) is 47.3. The van der Waals surface area contributed by atoms with E-state index in [1.165, 1.54) is 13.8 Å². The van der Waals surface area contributed by atoms with Gasteiger partial charge in [0.2, 0.25) is 11.8 Å². The fourth-order valence-corrected chi connectivity index (χ4v) is 9.09. The molecule has 68 heavy (non-hydrogen) atoms. The maximum atomic E-state index is 13.4. The Morgan fingerprint density at radius 3 is 1.03 bits per heavy atom. The molecule has 0 saturated heterocycles. The molecule has 0 spiro atoms. The smallest absolute Gasteiger partial charge is 0.251 e. The van der Waals surface area contributed by atoms with Crippen LogP contribution < -0.4 is 21.3 Å². The molecule has 1 unspecified atom stereocenters. The molecule has 0 aliphatic rings. The van der Waals surface area contributed by atoms with E-state index in [1.807, 2.05) is 172 Å². The number of benzene rings is 9. The maximum Gasteiger partial charge on any atom is 0.251 e. The Hall–Kier alpha value is -8.62. The van der Waals surface area contributed by atoms with Gasteiger partial charge in [-0.25, -0.2) is 0 Å². The van der Waals surface area contributed by atoms with E-state index in [0.717, 1.165) is 66.1 Å². The second kappa shape index (κ2) is 19.5. The van der Waals surface area contributed by atoms with Gasteiger partial charge in [-0.1, -0.05) is 170 Å². The van der Waals surface area contributed by atoms with Gasteiger partial charge in [-0.2, -0.15) is 0 Å². The quantitative estimate of drug-likeness (QED) is 0.0977. The number of anilines is 2. The number of fused-ring (bicyclic) bond motifs is 2. The molecule has 0 aromatic heterocycles. The van der Waals surface area contributed by atoms with Crippen molar-refractivity contribution in [3.63, 3.8) is 0 Å². The molecule has 4 N–H and O–H groups in total. The molecule has 9 aromatic rings. The van der Waals surface area contributed by atoms with Crippen molar-refractivity contribution in [3.05, 3.63) is 216 Å². The Balaban J connectivity index is 1.12. The van der Waals surface area contributed by atoms with Gasteiger partial charge in [-0.3, -0.25) is 19.2 Å². The van der Waals surface area contributed by atoms with Gasteiger partial charge in [0.1, 0.15) is 0 Å². The van der Waals surface area contributed by atoms with Crippen LogP contribution in [0.3, 0.4) is 0 Å². The van der Waals surface area contributed by atoms with E-state index in [-0.39, 0.29) is 35.7 Å². The first-order valence-corrected chi connectivity index (χ1v) is 22.7. The summed E-state index contributed by atoms with van der Waals surface area (Å²) in [4.78, 5) is 53.2. The summed E-state index contributed by atoms with van der Waals surface area (Å²) in [5, 5.41) is 16.3. The van der Waals surface area contributed by atoms with Crippen molar-refractivity contribution in [2.45, 2.75) is 39.8 Å². The molecule has 9 aromatic carbocycles. The average molecular weight is 891 g/mol. The highest BCUT2D eigenvalue weighted by atomic mass is 16.2. The minimum atomic E-state index is -0.299. The Bertz CT molecular complexity index is 3110. The lowest BCUT2D eigenvalue weighted by molar-refractivity contribution is -0.115. The van der Waals surface area contributed by atoms with Crippen LogP contribution in [0.1, 0.15) is 71.6 Å². The van der Waals surface area contributed by atoms with Crippen molar-refractivity contribution in [3.8, 4) is 44.5 Å². The van der Waals surface area contributed by atoms with Gasteiger partial charge in [-0.15, -0.1) is 0 Å². The van der Waals surface area contributed by atoms with Crippen LogP contribution in [0.5, 0.6) is 0 Å². The minimum Gasteiger partial charge on any atom is -0.346 e. The summed E-state index contributed by atoms with van der Waals surface area (Å²) >= 11 is 0. The van der Waals surface area contributed by atoms with Crippen LogP contribution in [0.25, 0.3) is 66.1 Å². The van der Waals surface area contributed by atoms with Crippen molar-refractivity contribution in [1.82, 2.24) is 10.6 Å². The third kappa shape index (κ3) is 9.26. The molecular weight excluding hydrogens is 841 g/mol. The summed E-state index contributed by atoms with van der Waals surface area (Å²) in [6.45, 7) is 6.86. The maximum absolute atomic E-state index is 13.4. The lowest BCUT2D eigenvalue weighted by Crippen LogP contribution is -2.26. The van der Waals surface area contributed by atoms with Crippen molar-refractivity contribution < 1.29 is 19.2 Å². The number of amides is 4. The number of nitrogens with one attached hydrogen (secondary N) is 4. The normalized spacial score (nSPS) is 11.9. The van der Waals surface area contributed by atoms with Crippen LogP contribution >= 0.6 is 0 Å². The molecule has 334 valence electrons. The van der Waals surface area contributed by atoms with Gasteiger partial charge < -0.3 is 21.3 Å². The standard InChI is InChI=1S/C60H50N4O4/c1-37(41-15-7-5-8-16-41)61-59(67)47-31-27-43(28-32-47)49-23-11-19-45-21-13-25-51(55(45)49)53-35-36-54(58(64-40(4)66)57(53)63-39(3)65)52-26-14-22-46-20-12-24-50(56(46)52)44-29-33-48(34-30-44)60(68)62-38(2)42-17-9-6-10-18-42/h5-38H,1-4H3,(H,61,67)(H,62,68)(H,63,65)(H,64,66)/t37-,38?/m1/s1. The topological polar surface area (TPSA) is 116 Å². The van der Waals surface area contributed by atoms with E-state index in [2.05, 4.69) is 57.7 Å². The van der Waals surface area contributed by atoms with E-state index < -0.39 is 0 Å². The van der Waals surface area contributed by atoms with Gasteiger partial charge in [0, 0.05) is 36.1 Å². The van der Waals surface area contributed by atoms with E-state index in [0.29, 0.717) is 33.6 Å². The fraction of sp³-hybridized carbons (Fsp3) is 0.100. The monoisotopic (exact) mass is 890 g/mol. The lowest BCUT2D eigenvalue weighted by atomic mass is 9.87. The first-order valence-electron chi connectivity index (χ1n) is 22.7. The molecule has 2 atom stereocenters. The molecular formula is C60H50N4O4. The van der Waals surface area contributed by atoms with Crippen molar-refractivity contribution in [1.29, 1.82) is 0 Å². The zero-order valence-electron chi connectivity index (χ0n) is 38.3. The SMILES string of the molecule is CC(=O)Nc1c(-c2cccc3cccc(-c4ccc(C(=O)NC(C)c5ccccc5)cc4)c23)ccc(-c2cccc3cccc(-c4ccc(C(=O)N[C@H](C)c5ccccc5)cc4)c23)c1NC(C)=O. The van der Waals surface area contributed by atoms with E-state index in [1.54, 1.807) is 0 Å². The van der Waals surface area contributed by atoms with Crippen LogP contribution in [0, 0.1) is 0 Å².